The predicted octanol–water partition coefficient (Wildman–Crippen LogP) is 5.14. The summed E-state index contributed by atoms with van der Waals surface area (Å²) < 4.78 is 39.0. The standard InChI is InChI=1S/C15H10ClF3O2S/c16-10-3-6-13(12(8-10)15(17,18)19)22-11-4-1-9(2-5-11)7-14(20)21/h1-6,8H,7H2,(H,20,21). The number of carbonyl (C=O) groups is 1. The van der Waals surface area contributed by atoms with E-state index >= 15 is 0 Å². The SMILES string of the molecule is O=C(O)Cc1ccc(Sc2ccc(Cl)cc2C(F)(F)F)cc1. The lowest BCUT2D eigenvalue weighted by Gasteiger charge is -2.13. The van der Waals surface area contributed by atoms with E-state index in [1.165, 1.54) is 12.1 Å². The van der Waals surface area contributed by atoms with Gasteiger partial charge in [-0.1, -0.05) is 35.5 Å². The van der Waals surface area contributed by atoms with Gasteiger partial charge in [-0.25, -0.2) is 0 Å². The highest BCUT2D eigenvalue weighted by Gasteiger charge is 2.33. The van der Waals surface area contributed by atoms with Crippen LogP contribution < -0.4 is 0 Å². The van der Waals surface area contributed by atoms with Crippen molar-refractivity contribution in [3.63, 3.8) is 0 Å². The minimum atomic E-state index is -4.49. The van der Waals surface area contributed by atoms with Crippen LogP contribution in [0.2, 0.25) is 5.02 Å². The molecule has 0 saturated heterocycles. The second kappa shape index (κ2) is 6.62. The quantitative estimate of drug-likeness (QED) is 0.833. The normalized spacial score (nSPS) is 11.5. The van der Waals surface area contributed by atoms with Gasteiger partial charge in [0.2, 0.25) is 0 Å². The Balaban J connectivity index is 2.25. The van der Waals surface area contributed by atoms with Crippen molar-refractivity contribution in [3.8, 4) is 0 Å². The first-order valence-corrected chi connectivity index (χ1v) is 7.30. The van der Waals surface area contributed by atoms with Crippen molar-refractivity contribution in [1.29, 1.82) is 0 Å². The van der Waals surface area contributed by atoms with Crippen molar-refractivity contribution in [2.75, 3.05) is 0 Å². The van der Waals surface area contributed by atoms with Crippen LogP contribution in [0, 0.1) is 0 Å². The molecule has 116 valence electrons. The summed E-state index contributed by atoms with van der Waals surface area (Å²) in [4.78, 5) is 11.2. The molecule has 1 N–H and O–H groups in total. The van der Waals surface area contributed by atoms with E-state index in [1.54, 1.807) is 24.3 Å². The largest absolute Gasteiger partial charge is 0.481 e. The molecule has 0 unspecified atom stereocenters. The van der Waals surface area contributed by atoms with Gasteiger partial charge in [0.15, 0.2) is 0 Å². The van der Waals surface area contributed by atoms with Crippen LogP contribution in [0.25, 0.3) is 0 Å². The monoisotopic (exact) mass is 346 g/mol. The van der Waals surface area contributed by atoms with Crippen molar-refractivity contribution < 1.29 is 23.1 Å². The average Bonchev–Trinajstić information content (AvgIpc) is 2.41. The number of benzene rings is 2. The van der Waals surface area contributed by atoms with Gasteiger partial charge in [-0.15, -0.1) is 0 Å². The van der Waals surface area contributed by atoms with Crippen LogP contribution in [0.1, 0.15) is 11.1 Å². The molecule has 0 aromatic heterocycles. The Morgan fingerprint density at radius 2 is 1.77 bits per heavy atom. The first-order valence-electron chi connectivity index (χ1n) is 6.11. The summed E-state index contributed by atoms with van der Waals surface area (Å²) in [5.74, 6) is -0.961. The van der Waals surface area contributed by atoms with E-state index in [1.807, 2.05) is 0 Å². The topological polar surface area (TPSA) is 37.3 Å². The van der Waals surface area contributed by atoms with Crippen LogP contribution in [-0.4, -0.2) is 11.1 Å². The van der Waals surface area contributed by atoms with E-state index < -0.39 is 17.7 Å². The third-order valence-corrected chi connectivity index (χ3v) is 4.07. The summed E-state index contributed by atoms with van der Waals surface area (Å²) in [7, 11) is 0. The second-order valence-electron chi connectivity index (χ2n) is 4.45. The fourth-order valence-electron chi connectivity index (χ4n) is 1.79. The highest BCUT2D eigenvalue weighted by Crippen LogP contribution is 2.40. The van der Waals surface area contributed by atoms with Gasteiger partial charge in [-0.3, -0.25) is 4.79 Å². The Labute approximate surface area is 133 Å². The molecule has 0 heterocycles. The number of halogens is 4. The predicted molar refractivity (Wildman–Crippen MR) is 78.4 cm³/mol. The van der Waals surface area contributed by atoms with Crippen molar-refractivity contribution in [1.82, 2.24) is 0 Å². The van der Waals surface area contributed by atoms with Gasteiger partial charge in [0.25, 0.3) is 0 Å². The smallest absolute Gasteiger partial charge is 0.417 e. The average molecular weight is 347 g/mol. The summed E-state index contributed by atoms with van der Waals surface area (Å²) in [6.45, 7) is 0. The number of aliphatic carboxylic acids is 1. The molecular weight excluding hydrogens is 337 g/mol. The maximum absolute atomic E-state index is 13.0. The number of hydrogen-bond acceptors (Lipinski definition) is 2. The number of rotatable bonds is 4. The molecule has 0 amide bonds. The fourth-order valence-corrected chi connectivity index (χ4v) is 2.91. The van der Waals surface area contributed by atoms with Crippen LogP contribution in [0.3, 0.4) is 0 Å². The van der Waals surface area contributed by atoms with Gasteiger partial charge >= 0.3 is 12.1 Å². The van der Waals surface area contributed by atoms with Gasteiger partial charge in [-0.2, -0.15) is 13.2 Å². The van der Waals surface area contributed by atoms with Crippen molar-refractivity contribution in [3.05, 3.63) is 58.6 Å². The summed E-state index contributed by atoms with van der Waals surface area (Å²) >= 11 is 6.58. The molecule has 2 aromatic rings. The Bertz CT molecular complexity index is 684. The molecule has 0 spiro atoms. The number of alkyl halides is 3. The summed E-state index contributed by atoms with van der Waals surface area (Å²) in [5.41, 5.74) is -0.205. The third kappa shape index (κ3) is 4.42. The molecule has 0 aliphatic rings. The third-order valence-electron chi connectivity index (χ3n) is 2.75. The maximum atomic E-state index is 13.0. The van der Waals surface area contributed by atoms with E-state index in [-0.39, 0.29) is 16.3 Å². The molecule has 0 saturated carbocycles. The van der Waals surface area contributed by atoms with E-state index in [4.69, 9.17) is 16.7 Å². The van der Waals surface area contributed by atoms with Crippen LogP contribution in [0.4, 0.5) is 13.2 Å². The molecule has 0 fully saturated rings. The fraction of sp³-hybridized carbons (Fsp3) is 0.133. The van der Waals surface area contributed by atoms with Gasteiger partial charge in [0.1, 0.15) is 0 Å². The lowest BCUT2D eigenvalue weighted by Crippen LogP contribution is -2.06. The van der Waals surface area contributed by atoms with Crippen molar-refractivity contribution in [2.45, 2.75) is 22.4 Å². The molecule has 0 aliphatic heterocycles. The molecular formula is C15H10ClF3O2S. The molecule has 0 bridgehead atoms. The molecule has 22 heavy (non-hydrogen) atoms. The van der Waals surface area contributed by atoms with Crippen molar-refractivity contribution >= 4 is 29.3 Å². The first-order chi connectivity index (χ1) is 10.3. The number of carboxylic acids is 1. The zero-order valence-corrected chi connectivity index (χ0v) is 12.6. The number of hydrogen-bond donors (Lipinski definition) is 1. The van der Waals surface area contributed by atoms with E-state index in [9.17, 15) is 18.0 Å². The molecule has 2 aromatic carbocycles. The van der Waals surface area contributed by atoms with Crippen LogP contribution >= 0.6 is 23.4 Å². The van der Waals surface area contributed by atoms with Crippen LogP contribution in [-0.2, 0) is 17.4 Å². The summed E-state index contributed by atoms with van der Waals surface area (Å²) in [6.07, 6.45) is -4.61. The Morgan fingerprint density at radius 1 is 1.14 bits per heavy atom. The first kappa shape index (κ1) is 16.7. The van der Waals surface area contributed by atoms with E-state index in [2.05, 4.69) is 0 Å². The van der Waals surface area contributed by atoms with Gasteiger partial charge in [0, 0.05) is 14.8 Å². The zero-order valence-electron chi connectivity index (χ0n) is 11.0. The molecule has 0 atom stereocenters. The molecule has 0 radical (unpaired) electrons. The summed E-state index contributed by atoms with van der Waals surface area (Å²) in [6, 6.07) is 9.97. The Morgan fingerprint density at radius 3 is 2.32 bits per heavy atom. The van der Waals surface area contributed by atoms with Gasteiger partial charge < -0.3 is 5.11 Å². The molecule has 2 rings (SSSR count). The minimum absolute atomic E-state index is 0.0217. The number of carboxylic acid groups (broad SMARTS) is 1. The Hall–Kier alpha value is -1.66. The van der Waals surface area contributed by atoms with Crippen LogP contribution in [0.5, 0.6) is 0 Å². The van der Waals surface area contributed by atoms with Gasteiger partial charge in [0.05, 0.1) is 12.0 Å². The highest BCUT2D eigenvalue weighted by atomic mass is 35.5. The minimum Gasteiger partial charge on any atom is -0.481 e. The van der Waals surface area contributed by atoms with Gasteiger partial charge in [-0.05, 0) is 35.9 Å². The lowest BCUT2D eigenvalue weighted by atomic mass is 10.2. The maximum Gasteiger partial charge on any atom is 0.417 e. The molecule has 2 nitrogen and oxygen atoms in total. The molecule has 0 aliphatic carbocycles. The highest BCUT2D eigenvalue weighted by molar-refractivity contribution is 7.99. The second-order valence-corrected chi connectivity index (χ2v) is 6.01. The molecule has 7 heteroatoms. The van der Waals surface area contributed by atoms with Crippen LogP contribution in [0.15, 0.2) is 52.3 Å². The lowest BCUT2D eigenvalue weighted by molar-refractivity contribution is -0.140. The summed E-state index contributed by atoms with van der Waals surface area (Å²) in [5, 5.41) is 8.70. The van der Waals surface area contributed by atoms with E-state index in [0.29, 0.717) is 10.5 Å². The zero-order chi connectivity index (χ0) is 16.3. The van der Waals surface area contributed by atoms with E-state index in [0.717, 1.165) is 17.8 Å². The Kier molecular flexibility index (Phi) is 5.03. The van der Waals surface area contributed by atoms with Crippen molar-refractivity contribution in [2.24, 2.45) is 0 Å².